The molecule has 1 heterocycles. The van der Waals surface area contributed by atoms with Crippen molar-refractivity contribution in [1.29, 1.82) is 0 Å². The van der Waals surface area contributed by atoms with E-state index in [1.165, 1.54) is 6.92 Å². The van der Waals surface area contributed by atoms with Crippen LogP contribution in [0, 0.1) is 5.92 Å². The summed E-state index contributed by atoms with van der Waals surface area (Å²) in [5, 5.41) is 0. The van der Waals surface area contributed by atoms with Gasteiger partial charge in [-0.2, -0.15) is 13.2 Å². The summed E-state index contributed by atoms with van der Waals surface area (Å²) in [5.41, 5.74) is 0.882. The van der Waals surface area contributed by atoms with Crippen molar-refractivity contribution in [3.8, 4) is 0 Å². The van der Waals surface area contributed by atoms with Crippen molar-refractivity contribution in [3.05, 3.63) is 35.9 Å². The van der Waals surface area contributed by atoms with Crippen molar-refractivity contribution in [3.63, 3.8) is 0 Å². The number of imide groups is 1. The van der Waals surface area contributed by atoms with Crippen LogP contribution in [0.4, 0.5) is 18.0 Å². The van der Waals surface area contributed by atoms with Crippen molar-refractivity contribution >= 4 is 12.0 Å². The molecule has 2 atom stereocenters. The Labute approximate surface area is 125 Å². The van der Waals surface area contributed by atoms with Crippen LogP contribution in [-0.4, -0.2) is 35.7 Å². The number of hydrogen-bond acceptors (Lipinski definition) is 3. The highest BCUT2D eigenvalue weighted by Crippen LogP contribution is 2.28. The van der Waals surface area contributed by atoms with Gasteiger partial charge in [-0.15, -0.1) is 0 Å². The smallest absolute Gasteiger partial charge is 0.416 e. The van der Waals surface area contributed by atoms with Crippen molar-refractivity contribution in [1.82, 2.24) is 4.90 Å². The van der Waals surface area contributed by atoms with Gasteiger partial charge < -0.3 is 4.74 Å². The summed E-state index contributed by atoms with van der Waals surface area (Å²) >= 11 is 0. The highest BCUT2D eigenvalue weighted by atomic mass is 19.4. The van der Waals surface area contributed by atoms with Crippen LogP contribution in [0.5, 0.6) is 0 Å². The molecule has 1 unspecified atom stereocenters. The van der Waals surface area contributed by atoms with Crippen molar-refractivity contribution in [2.24, 2.45) is 5.92 Å². The molecular weight excluding hydrogens is 299 g/mol. The molecule has 0 spiro atoms. The van der Waals surface area contributed by atoms with E-state index in [2.05, 4.69) is 0 Å². The summed E-state index contributed by atoms with van der Waals surface area (Å²) in [7, 11) is 0. The summed E-state index contributed by atoms with van der Waals surface area (Å²) in [6.07, 6.45) is -6.22. The topological polar surface area (TPSA) is 46.6 Å². The number of cyclic esters (lactones) is 1. The average molecular weight is 315 g/mol. The van der Waals surface area contributed by atoms with E-state index in [0.29, 0.717) is 6.42 Å². The van der Waals surface area contributed by atoms with Crippen LogP contribution in [0.1, 0.15) is 18.9 Å². The summed E-state index contributed by atoms with van der Waals surface area (Å²) in [6, 6.07) is 8.53. The summed E-state index contributed by atoms with van der Waals surface area (Å²) < 4.78 is 42.1. The van der Waals surface area contributed by atoms with Gasteiger partial charge in [0, 0.05) is 5.92 Å². The van der Waals surface area contributed by atoms with Gasteiger partial charge in [0.05, 0.1) is 12.5 Å². The Morgan fingerprint density at radius 3 is 2.59 bits per heavy atom. The van der Waals surface area contributed by atoms with Gasteiger partial charge in [0.1, 0.15) is 6.61 Å². The van der Waals surface area contributed by atoms with Gasteiger partial charge in [-0.25, -0.2) is 9.69 Å². The zero-order valence-corrected chi connectivity index (χ0v) is 12.0. The summed E-state index contributed by atoms with van der Waals surface area (Å²) in [6.45, 7) is 1.17. The molecule has 0 bridgehead atoms. The molecule has 0 aliphatic carbocycles. The molecule has 1 saturated heterocycles. The number of halogens is 3. The second-order valence-corrected chi connectivity index (χ2v) is 5.35. The number of carbonyl (C=O) groups is 2. The molecule has 7 heteroatoms. The minimum absolute atomic E-state index is 0.00178. The van der Waals surface area contributed by atoms with Crippen LogP contribution in [0.2, 0.25) is 0 Å². The number of rotatable bonds is 4. The Morgan fingerprint density at radius 1 is 1.36 bits per heavy atom. The standard InChI is InChI=1S/C15H16F3NO3/c1-10(8-15(16,17)18)13(20)19-12(9-22-14(19)21)7-11-5-3-2-4-6-11/h2-6,10,12H,7-9H2,1H3/t10-,12?/m1/s1. The third kappa shape index (κ3) is 3.99. The molecule has 0 radical (unpaired) electrons. The van der Waals surface area contributed by atoms with E-state index < -0.39 is 36.6 Å². The van der Waals surface area contributed by atoms with E-state index in [4.69, 9.17) is 4.74 Å². The molecule has 1 fully saturated rings. The van der Waals surface area contributed by atoms with Gasteiger partial charge in [-0.1, -0.05) is 37.3 Å². The van der Waals surface area contributed by atoms with Gasteiger partial charge in [0.2, 0.25) is 5.91 Å². The minimum atomic E-state index is -4.45. The highest BCUT2D eigenvalue weighted by molar-refractivity contribution is 5.94. The fourth-order valence-corrected chi connectivity index (χ4v) is 2.44. The molecule has 1 aliphatic heterocycles. The van der Waals surface area contributed by atoms with E-state index >= 15 is 0 Å². The number of alkyl halides is 3. The lowest BCUT2D eigenvalue weighted by atomic mass is 10.0. The first-order chi connectivity index (χ1) is 10.3. The summed E-state index contributed by atoms with van der Waals surface area (Å²) in [4.78, 5) is 24.7. The third-order valence-corrected chi connectivity index (χ3v) is 3.47. The number of amides is 2. The van der Waals surface area contributed by atoms with Gasteiger partial charge in [0.25, 0.3) is 0 Å². The lowest BCUT2D eigenvalue weighted by molar-refractivity contribution is -0.157. The van der Waals surface area contributed by atoms with Crippen LogP contribution in [-0.2, 0) is 16.0 Å². The number of ether oxygens (including phenoxy) is 1. The fourth-order valence-electron chi connectivity index (χ4n) is 2.44. The molecular formula is C15H16F3NO3. The fraction of sp³-hybridized carbons (Fsp3) is 0.467. The van der Waals surface area contributed by atoms with Crippen LogP contribution in [0.3, 0.4) is 0 Å². The predicted octanol–water partition coefficient (Wildman–Crippen LogP) is 3.17. The molecule has 22 heavy (non-hydrogen) atoms. The molecule has 2 rings (SSSR count). The highest BCUT2D eigenvalue weighted by Gasteiger charge is 2.42. The SMILES string of the molecule is C[C@H](CC(F)(F)F)C(=O)N1C(=O)OCC1Cc1ccccc1. The zero-order valence-electron chi connectivity index (χ0n) is 12.0. The van der Waals surface area contributed by atoms with Crippen molar-refractivity contribution in [2.75, 3.05) is 6.61 Å². The maximum Gasteiger partial charge on any atom is 0.416 e. The number of carbonyl (C=O) groups excluding carboxylic acids is 2. The number of hydrogen-bond donors (Lipinski definition) is 0. The van der Waals surface area contributed by atoms with Crippen molar-refractivity contribution in [2.45, 2.75) is 32.0 Å². The lowest BCUT2D eigenvalue weighted by Crippen LogP contribution is -2.43. The largest absolute Gasteiger partial charge is 0.447 e. The maximum atomic E-state index is 12.4. The van der Waals surface area contributed by atoms with E-state index in [0.717, 1.165) is 10.5 Å². The first-order valence-electron chi connectivity index (χ1n) is 6.88. The van der Waals surface area contributed by atoms with Crippen LogP contribution in [0.25, 0.3) is 0 Å². The van der Waals surface area contributed by atoms with E-state index in [1.54, 1.807) is 0 Å². The average Bonchev–Trinajstić information content (AvgIpc) is 2.78. The first kappa shape index (κ1) is 16.3. The van der Waals surface area contributed by atoms with Crippen LogP contribution >= 0.6 is 0 Å². The van der Waals surface area contributed by atoms with Gasteiger partial charge in [-0.05, 0) is 12.0 Å². The zero-order chi connectivity index (χ0) is 16.3. The van der Waals surface area contributed by atoms with Gasteiger partial charge in [-0.3, -0.25) is 4.79 Å². The second kappa shape index (κ2) is 6.37. The van der Waals surface area contributed by atoms with E-state index in [-0.39, 0.29) is 6.61 Å². The first-order valence-corrected chi connectivity index (χ1v) is 6.88. The predicted molar refractivity (Wildman–Crippen MR) is 72.0 cm³/mol. The third-order valence-electron chi connectivity index (χ3n) is 3.47. The molecule has 1 aliphatic rings. The Balaban J connectivity index is 2.09. The molecule has 4 nitrogen and oxygen atoms in total. The second-order valence-electron chi connectivity index (χ2n) is 5.35. The minimum Gasteiger partial charge on any atom is -0.447 e. The number of nitrogens with zero attached hydrogens (tertiary/aromatic N) is 1. The Morgan fingerprint density at radius 2 is 2.00 bits per heavy atom. The normalized spacial score (nSPS) is 19.9. The Kier molecular flexibility index (Phi) is 4.73. The maximum absolute atomic E-state index is 12.4. The Hall–Kier alpha value is -2.05. The molecule has 1 aromatic rings. The van der Waals surface area contributed by atoms with Crippen molar-refractivity contribution < 1.29 is 27.5 Å². The van der Waals surface area contributed by atoms with Crippen LogP contribution in [0.15, 0.2) is 30.3 Å². The molecule has 2 amide bonds. The van der Waals surface area contributed by atoms with Gasteiger partial charge in [0.15, 0.2) is 0 Å². The molecule has 120 valence electrons. The summed E-state index contributed by atoms with van der Waals surface area (Å²) in [5.74, 6) is -2.16. The van der Waals surface area contributed by atoms with Crippen LogP contribution < -0.4 is 0 Å². The van der Waals surface area contributed by atoms with Gasteiger partial charge >= 0.3 is 12.3 Å². The molecule has 0 N–H and O–H groups in total. The molecule has 0 aromatic heterocycles. The number of benzene rings is 1. The quantitative estimate of drug-likeness (QED) is 0.857. The Bertz CT molecular complexity index is 545. The molecule has 1 aromatic carbocycles. The lowest BCUT2D eigenvalue weighted by Gasteiger charge is -2.23. The van der Waals surface area contributed by atoms with E-state index in [9.17, 15) is 22.8 Å². The molecule has 0 saturated carbocycles. The van der Waals surface area contributed by atoms with E-state index in [1.807, 2.05) is 30.3 Å². The monoisotopic (exact) mass is 315 g/mol.